The van der Waals surface area contributed by atoms with Crippen LogP contribution >= 0.6 is 0 Å². The van der Waals surface area contributed by atoms with Crippen molar-refractivity contribution in [3.63, 3.8) is 0 Å². The van der Waals surface area contributed by atoms with Gasteiger partial charge < -0.3 is 10.8 Å². The highest BCUT2D eigenvalue weighted by atomic mass is 16.4. The van der Waals surface area contributed by atoms with Gasteiger partial charge in [-0.3, -0.25) is 4.79 Å². The first-order chi connectivity index (χ1) is 9.45. The maximum Gasteiger partial charge on any atom is 0.307 e. The van der Waals surface area contributed by atoms with Crippen LogP contribution in [0.25, 0.3) is 0 Å². The number of hydrogen-bond donors (Lipinski definition) is 2. The lowest BCUT2D eigenvalue weighted by molar-refractivity contribution is -0.141. The Bertz CT molecular complexity index is 422. The maximum absolute atomic E-state index is 11.0. The van der Waals surface area contributed by atoms with Crippen molar-refractivity contribution in [2.24, 2.45) is 17.6 Å². The number of nitrogens with two attached hydrogens (primary N) is 1. The Morgan fingerprint density at radius 3 is 2.40 bits per heavy atom. The molecular formula is C17H27NO2. The van der Waals surface area contributed by atoms with Gasteiger partial charge in [-0.15, -0.1) is 0 Å². The van der Waals surface area contributed by atoms with Crippen LogP contribution in [0.5, 0.6) is 0 Å². The van der Waals surface area contributed by atoms with Gasteiger partial charge in [0.2, 0.25) is 0 Å². The summed E-state index contributed by atoms with van der Waals surface area (Å²) < 4.78 is 0. The van der Waals surface area contributed by atoms with Crippen molar-refractivity contribution in [1.82, 2.24) is 0 Å². The van der Waals surface area contributed by atoms with Gasteiger partial charge in [-0.2, -0.15) is 0 Å². The summed E-state index contributed by atoms with van der Waals surface area (Å²) in [7, 11) is 0. The number of aryl methyl sites for hydroxylation is 2. The van der Waals surface area contributed by atoms with Crippen LogP contribution in [-0.4, -0.2) is 17.6 Å². The van der Waals surface area contributed by atoms with Crippen molar-refractivity contribution in [2.75, 3.05) is 6.54 Å². The number of aliphatic carboxylic acids is 1. The van der Waals surface area contributed by atoms with Gasteiger partial charge in [0.05, 0.1) is 5.92 Å². The molecule has 0 aliphatic heterocycles. The third-order valence-electron chi connectivity index (χ3n) is 4.09. The summed E-state index contributed by atoms with van der Waals surface area (Å²) in [6, 6.07) is 6.40. The van der Waals surface area contributed by atoms with Crippen LogP contribution in [0.15, 0.2) is 18.2 Å². The minimum Gasteiger partial charge on any atom is -0.481 e. The summed E-state index contributed by atoms with van der Waals surface area (Å²) in [6.45, 7) is 6.66. The molecule has 0 saturated carbocycles. The van der Waals surface area contributed by atoms with Gasteiger partial charge in [0.1, 0.15) is 0 Å². The third kappa shape index (κ3) is 4.97. The van der Waals surface area contributed by atoms with Crippen LogP contribution in [0.2, 0.25) is 0 Å². The SMILES string of the molecule is Cc1cccc(C)c1CCCC(C)CC(CN)C(=O)O. The van der Waals surface area contributed by atoms with Crippen LogP contribution in [0.1, 0.15) is 42.9 Å². The minimum absolute atomic E-state index is 0.233. The summed E-state index contributed by atoms with van der Waals surface area (Å²) in [4.78, 5) is 11.0. The number of benzene rings is 1. The van der Waals surface area contributed by atoms with Crippen LogP contribution in [0.3, 0.4) is 0 Å². The molecule has 1 aromatic carbocycles. The normalized spacial score (nSPS) is 14.0. The molecule has 0 radical (unpaired) electrons. The van der Waals surface area contributed by atoms with Crippen LogP contribution in [0, 0.1) is 25.7 Å². The fraction of sp³-hybridized carbons (Fsp3) is 0.588. The number of rotatable bonds is 8. The fourth-order valence-corrected chi connectivity index (χ4v) is 2.77. The summed E-state index contributed by atoms with van der Waals surface area (Å²) in [5.41, 5.74) is 9.64. The average molecular weight is 277 g/mol. The van der Waals surface area contributed by atoms with E-state index < -0.39 is 11.9 Å². The smallest absolute Gasteiger partial charge is 0.307 e. The zero-order valence-corrected chi connectivity index (χ0v) is 12.9. The summed E-state index contributed by atoms with van der Waals surface area (Å²) in [5.74, 6) is -0.761. The maximum atomic E-state index is 11.0. The first-order valence-corrected chi connectivity index (χ1v) is 7.43. The molecule has 2 atom stereocenters. The predicted octanol–water partition coefficient (Wildman–Crippen LogP) is 3.31. The minimum atomic E-state index is -0.769. The molecule has 1 rings (SSSR count). The van der Waals surface area contributed by atoms with Crippen molar-refractivity contribution in [2.45, 2.75) is 46.5 Å². The van der Waals surface area contributed by atoms with Crippen molar-refractivity contribution in [3.8, 4) is 0 Å². The van der Waals surface area contributed by atoms with Gasteiger partial charge in [-0.25, -0.2) is 0 Å². The van der Waals surface area contributed by atoms with Gasteiger partial charge in [-0.1, -0.05) is 31.5 Å². The van der Waals surface area contributed by atoms with Crippen LogP contribution in [0.4, 0.5) is 0 Å². The molecule has 0 saturated heterocycles. The van der Waals surface area contributed by atoms with E-state index in [0.29, 0.717) is 12.3 Å². The average Bonchev–Trinajstić information content (AvgIpc) is 2.39. The number of carboxylic acids is 1. The molecule has 0 amide bonds. The lowest BCUT2D eigenvalue weighted by atomic mass is 9.90. The van der Waals surface area contributed by atoms with Gasteiger partial charge in [0.25, 0.3) is 0 Å². The van der Waals surface area contributed by atoms with E-state index in [4.69, 9.17) is 10.8 Å². The van der Waals surface area contributed by atoms with Gasteiger partial charge in [0, 0.05) is 6.54 Å². The standard InChI is InChI=1S/C17H27NO2/c1-12(10-15(11-18)17(19)20)6-4-9-16-13(2)7-5-8-14(16)3/h5,7-8,12,15H,4,6,9-11,18H2,1-3H3,(H,19,20). The summed E-state index contributed by atoms with van der Waals surface area (Å²) >= 11 is 0. The van der Waals surface area contributed by atoms with E-state index in [-0.39, 0.29) is 6.54 Å². The highest BCUT2D eigenvalue weighted by Crippen LogP contribution is 2.21. The Hall–Kier alpha value is -1.35. The second-order valence-electron chi connectivity index (χ2n) is 5.87. The van der Waals surface area contributed by atoms with E-state index in [0.717, 1.165) is 19.3 Å². The Morgan fingerprint density at radius 1 is 1.30 bits per heavy atom. The van der Waals surface area contributed by atoms with E-state index in [9.17, 15) is 4.79 Å². The molecule has 0 bridgehead atoms. The molecule has 1 aromatic rings. The lowest BCUT2D eigenvalue weighted by Gasteiger charge is -2.16. The Labute approximate surface area is 122 Å². The summed E-state index contributed by atoms with van der Waals surface area (Å²) in [6.07, 6.45) is 3.91. The van der Waals surface area contributed by atoms with Crippen molar-refractivity contribution in [3.05, 3.63) is 34.9 Å². The fourth-order valence-electron chi connectivity index (χ4n) is 2.77. The zero-order valence-electron chi connectivity index (χ0n) is 12.9. The van der Waals surface area contributed by atoms with Gasteiger partial charge in [0.15, 0.2) is 0 Å². The quantitative estimate of drug-likeness (QED) is 0.766. The highest BCUT2D eigenvalue weighted by Gasteiger charge is 2.18. The number of carboxylic acid groups (broad SMARTS) is 1. The van der Waals surface area contributed by atoms with Gasteiger partial charge >= 0.3 is 5.97 Å². The number of hydrogen-bond acceptors (Lipinski definition) is 2. The monoisotopic (exact) mass is 277 g/mol. The van der Waals surface area contributed by atoms with Crippen molar-refractivity contribution in [1.29, 1.82) is 0 Å². The first-order valence-electron chi connectivity index (χ1n) is 7.43. The highest BCUT2D eigenvalue weighted by molar-refractivity contribution is 5.70. The predicted molar refractivity (Wildman–Crippen MR) is 82.8 cm³/mol. The molecule has 3 heteroatoms. The summed E-state index contributed by atoms with van der Waals surface area (Å²) in [5, 5.41) is 9.02. The molecular weight excluding hydrogens is 250 g/mol. The lowest BCUT2D eigenvalue weighted by Crippen LogP contribution is -2.25. The molecule has 0 aliphatic carbocycles. The van der Waals surface area contributed by atoms with Crippen molar-refractivity contribution >= 4 is 5.97 Å². The van der Waals surface area contributed by atoms with Crippen LogP contribution in [-0.2, 0) is 11.2 Å². The first kappa shape index (κ1) is 16.7. The van der Waals surface area contributed by atoms with Crippen LogP contribution < -0.4 is 5.73 Å². The molecule has 112 valence electrons. The molecule has 0 aromatic heterocycles. The molecule has 0 aliphatic rings. The second-order valence-corrected chi connectivity index (χ2v) is 5.87. The Morgan fingerprint density at radius 2 is 1.90 bits per heavy atom. The molecule has 20 heavy (non-hydrogen) atoms. The van der Waals surface area contributed by atoms with Gasteiger partial charge in [-0.05, 0) is 55.7 Å². The third-order valence-corrected chi connectivity index (χ3v) is 4.09. The Balaban J connectivity index is 2.42. The topological polar surface area (TPSA) is 63.3 Å². The molecule has 3 N–H and O–H groups in total. The molecule has 0 heterocycles. The van der Waals surface area contributed by atoms with E-state index in [1.165, 1.54) is 16.7 Å². The van der Waals surface area contributed by atoms with E-state index in [1.54, 1.807) is 0 Å². The zero-order chi connectivity index (χ0) is 15.1. The van der Waals surface area contributed by atoms with E-state index in [1.807, 2.05) is 0 Å². The molecule has 2 unspecified atom stereocenters. The molecule has 0 fully saturated rings. The molecule has 3 nitrogen and oxygen atoms in total. The Kier molecular flexibility index (Phi) is 6.73. The van der Waals surface area contributed by atoms with Crippen molar-refractivity contribution < 1.29 is 9.90 Å². The van der Waals surface area contributed by atoms with E-state index in [2.05, 4.69) is 39.0 Å². The van der Waals surface area contributed by atoms with E-state index >= 15 is 0 Å². The number of carbonyl (C=O) groups is 1. The molecule has 0 spiro atoms. The second kappa shape index (κ2) is 8.05. The largest absolute Gasteiger partial charge is 0.481 e.